The van der Waals surface area contributed by atoms with Crippen molar-refractivity contribution < 1.29 is 13.9 Å². The van der Waals surface area contributed by atoms with Gasteiger partial charge < -0.3 is 15.8 Å². The number of carbonyl (C=O) groups excluding carboxylic acids is 1. The van der Waals surface area contributed by atoms with Crippen LogP contribution in [-0.4, -0.2) is 25.1 Å². The third-order valence-electron chi connectivity index (χ3n) is 3.52. The Morgan fingerprint density at radius 1 is 1.53 bits per heavy atom. The molecular formula is C14H21FN2O2. The number of ether oxygens (including phenoxy) is 1. The van der Waals surface area contributed by atoms with Gasteiger partial charge in [0, 0.05) is 12.6 Å². The Morgan fingerprint density at radius 3 is 2.58 bits per heavy atom. The first-order valence-electron chi connectivity index (χ1n) is 6.20. The van der Waals surface area contributed by atoms with E-state index >= 15 is 0 Å². The fourth-order valence-electron chi connectivity index (χ4n) is 1.56. The van der Waals surface area contributed by atoms with Crippen molar-refractivity contribution in [3.63, 3.8) is 0 Å². The Hall–Kier alpha value is -1.62. The van der Waals surface area contributed by atoms with Gasteiger partial charge in [-0.05, 0) is 25.0 Å². The van der Waals surface area contributed by atoms with Crippen molar-refractivity contribution in [1.29, 1.82) is 0 Å². The van der Waals surface area contributed by atoms with Crippen molar-refractivity contribution in [3.05, 3.63) is 29.6 Å². The van der Waals surface area contributed by atoms with Crippen molar-refractivity contribution in [2.24, 2.45) is 11.7 Å². The van der Waals surface area contributed by atoms with Crippen molar-refractivity contribution in [2.75, 3.05) is 13.7 Å². The van der Waals surface area contributed by atoms with Crippen molar-refractivity contribution in [3.8, 4) is 5.75 Å². The second kappa shape index (κ2) is 6.02. The van der Waals surface area contributed by atoms with Crippen LogP contribution in [0.1, 0.15) is 31.1 Å². The molecule has 1 aromatic rings. The van der Waals surface area contributed by atoms with Gasteiger partial charge in [-0.25, -0.2) is 4.39 Å². The van der Waals surface area contributed by atoms with Crippen molar-refractivity contribution in [2.45, 2.75) is 26.3 Å². The monoisotopic (exact) mass is 268 g/mol. The van der Waals surface area contributed by atoms with E-state index < -0.39 is 17.3 Å². The minimum atomic E-state index is -0.611. The molecule has 5 heteroatoms. The third kappa shape index (κ3) is 3.44. The lowest BCUT2D eigenvalue weighted by Crippen LogP contribution is -2.55. The fourth-order valence-corrected chi connectivity index (χ4v) is 1.56. The molecule has 0 fully saturated rings. The number of rotatable bonds is 5. The lowest BCUT2D eigenvalue weighted by atomic mass is 9.88. The average Bonchev–Trinajstić information content (AvgIpc) is 2.37. The molecule has 1 amide bonds. The van der Waals surface area contributed by atoms with Crippen molar-refractivity contribution in [1.82, 2.24) is 5.32 Å². The quantitative estimate of drug-likeness (QED) is 0.857. The molecule has 19 heavy (non-hydrogen) atoms. The number of hydrogen-bond donors (Lipinski definition) is 2. The molecule has 0 aliphatic carbocycles. The Morgan fingerprint density at radius 2 is 2.16 bits per heavy atom. The van der Waals surface area contributed by atoms with Crippen LogP contribution in [0.25, 0.3) is 0 Å². The zero-order valence-electron chi connectivity index (χ0n) is 11.8. The number of carbonyl (C=O) groups is 1. The lowest BCUT2D eigenvalue weighted by molar-refractivity contribution is 0.0879. The second-order valence-corrected chi connectivity index (χ2v) is 5.08. The van der Waals surface area contributed by atoms with Gasteiger partial charge in [-0.2, -0.15) is 0 Å². The standard InChI is InChI=1S/C14H21FN2O2/c1-9(2)14(3,8-16)17-13(18)11-6-5-10(19-4)7-12(11)15/h5-7,9H,8,16H2,1-4H3,(H,17,18). The minimum Gasteiger partial charge on any atom is -0.497 e. The van der Waals surface area contributed by atoms with E-state index in [9.17, 15) is 9.18 Å². The summed E-state index contributed by atoms with van der Waals surface area (Å²) in [6.45, 7) is 6.04. The molecule has 0 aliphatic rings. The summed E-state index contributed by atoms with van der Waals surface area (Å²) in [5.41, 5.74) is 5.11. The molecule has 0 spiro atoms. The molecule has 3 N–H and O–H groups in total. The van der Waals surface area contributed by atoms with Gasteiger partial charge in [0.25, 0.3) is 5.91 Å². The van der Waals surface area contributed by atoms with Crippen LogP contribution in [0, 0.1) is 11.7 Å². The van der Waals surface area contributed by atoms with Crippen LogP contribution in [0.4, 0.5) is 4.39 Å². The van der Waals surface area contributed by atoms with Gasteiger partial charge in [-0.3, -0.25) is 4.79 Å². The zero-order valence-corrected chi connectivity index (χ0v) is 11.8. The largest absolute Gasteiger partial charge is 0.497 e. The SMILES string of the molecule is COc1ccc(C(=O)NC(C)(CN)C(C)C)c(F)c1. The highest BCUT2D eigenvalue weighted by Crippen LogP contribution is 2.19. The maximum Gasteiger partial charge on any atom is 0.254 e. The van der Waals surface area contributed by atoms with Crippen LogP contribution >= 0.6 is 0 Å². The Bertz CT molecular complexity index is 463. The van der Waals surface area contributed by atoms with E-state index in [-0.39, 0.29) is 18.0 Å². The van der Waals surface area contributed by atoms with E-state index in [0.29, 0.717) is 5.75 Å². The third-order valence-corrected chi connectivity index (χ3v) is 3.52. The van der Waals surface area contributed by atoms with Crippen LogP contribution in [0.15, 0.2) is 18.2 Å². The van der Waals surface area contributed by atoms with Gasteiger partial charge in [0.2, 0.25) is 0 Å². The van der Waals surface area contributed by atoms with Gasteiger partial charge in [-0.15, -0.1) is 0 Å². The van der Waals surface area contributed by atoms with E-state index in [1.807, 2.05) is 20.8 Å². The summed E-state index contributed by atoms with van der Waals surface area (Å²) in [5.74, 6) is -0.566. The first kappa shape index (κ1) is 15.4. The molecule has 4 nitrogen and oxygen atoms in total. The number of hydrogen-bond acceptors (Lipinski definition) is 3. The number of nitrogens with one attached hydrogen (secondary N) is 1. The van der Waals surface area contributed by atoms with E-state index in [2.05, 4.69) is 5.32 Å². The number of nitrogens with two attached hydrogens (primary N) is 1. The van der Waals surface area contributed by atoms with Crippen LogP contribution < -0.4 is 15.8 Å². The normalized spacial score (nSPS) is 14.1. The molecule has 106 valence electrons. The summed E-state index contributed by atoms with van der Waals surface area (Å²) in [4.78, 5) is 12.1. The molecule has 1 aromatic carbocycles. The lowest BCUT2D eigenvalue weighted by Gasteiger charge is -2.33. The summed E-state index contributed by atoms with van der Waals surface area (Å²) in [6.07, 6.45) is 0. The van der Waals surface area contributed by atoms with Crippen LogP contribution in [0.3, 0.4) is 0 Å². The topological polar surface area (TPSA) is 64.3 Å². The summed E-state index contributed by atoms with van der Waals surface area (Å²) in [7, 11) is 1.44. The van der Waals surface area contributed by atoms with E-state index in [4.69, 9.17) is 10.5 Å². The van der Waals surface area contributed by atoms with Crippen LogP contribution in [0.2, 0.25) is 0 Å². The van der Waals surface area contributed by atoms with Gasteiger partial charge in [0.1, 0.15) is 11.6 Å². The number of benzene rings is 1. The molecular weight excluding hydrogens is 247 g/mol. The molecule has 1 atom stereocenters. The summed E-state index contributed by atoms with van der Waals surface area (Å²) >= 11 is 0. The van der Waals surface area contributed by atoms with Gasteiger partial charge >= 0.3 is 0 Å². The molecule has 0 radical (unpaired) electrons. The molecule has 0 bridgehead atoms. The highest BCUT2D eigenvalue weighted by Gasteiger charge is 2.29. The van der Waals surface area contributed by atoms with E-state index in [1.165, 1.54) is 19.2 Å². The zero-order chi connectivity index (χ0) is 14.6. The molecule has 0 heterocycles. The van der Waals surface area contributed by atoms with Crippen molar-refractivity contribution >= 4 is 5.91 Å². The molecule has 0 aromatic heterocycles. The predicted octanol–water partition coefficient (Wildman–Crippen LogP) is 1.94. The Balaban J connectivity index is 2.95. The molecule has 0 saturated heterocycles. The van der Waals surface area contributed by atoms with E-state index in [1.54, 1.807) is 6.07 Å². The summed E-state index contributed by atoms with van der Waals surface area (Å²) in [5, 5.41) is 2.79. The first-order chi connectivity index (χ1) is 8.84. The highest BCUT2D eigenvalue weighted by molar-refractivity contribution is 5.95. The fraction of sp³-hybridized carbons (Fsp3) is 0.500. The molecule has 0 saturated carbocycles. The second-order valence-electron chi connectivity index (χ2n) is 5.08. The number of amides is 1. The predicted molar refractivity (Wildman–Crippen MR) is 72.7 cm³/mol. The molecule has 1 rings (SSSR count). The summed E-state index contributed by atoms with van der Waals surface area (Å²) in [6, 6.07) is 4.14. The number of methoxy groups -OCH3 is 1. The first-order valence-corrected chi connectivity index (χ1v) is 6.20. The van der Waals surface area contributed by atoms with Crippen LogP contribution in [-0.2, 0) is 0 Å². The molecule has 0 aliphatic heterocycles. The number of halogens is 1. The highest BCUT2D eigenvalue weighted by atomic mass is 19.1. The van der Waals surface area contributed by atoms with Crippen LogP contribution in [0.5, 0.6) is 5.75 Å². The summed E-state index contributed by atoms with van der Waals surface area (Å²) < 4.78 is 18.7. The minimum absolute atomic E-state index is 0.0128. The Kier molecular flexibility index (Phi) is 4.89. The van der Waals surface area contributed by atoms with Gasteiger partial charge in [-0.1, -0.05) is 13.8 Å². The average molecular weight is 268 g/mol. The maximum atomic E-state index is 13.8. The van der Waals surface area contributed by atoms with Gasteiger partial charge in [0.05, 0.1) is 18.2 Å². The van der Waals surface area contributed by atoms with E-state index in [0.717, 1.165) is 0 Å². The maximum absolute atomic E-state index is 13.8. The Labute approximate surface area is 113 Å². The smallest absolute Gasteiger partial charge is 0.254 e. The molecule has 1 unspecified atom stereocenters. The van der Waals surface area contributed by atoms with Gasteiger partial charge in [0.15, 0.2) is 0 Å².